The van der Waals surface area contributed by atoms with Crippen LogP contribution in [0, 0.1) is 0 Å². The van der Waals surface area contributed by atoms with Gasteiger partial charge in [-0.05, 0) is 37.3 Å². The summed E-state index contributed by atoms with van der Waals surface area (Å²) >= 11 is 0. The summed E-state index contributed by atoms with van der Waals surface area (Å²) in [6.45, 7) is 0. The van der Waals surface area contributed by atoms with Crippen LogP contribution in [0.2, 0.25) is 0 Å². The summed E-state index contributed by atoms with van der Waals surface area (Å²) in [6.07, 6.45) is 9.67. The van der Waals surface area contributed by atoms with Crippen molar-refractivity contribution in [3.63, 3.8) is 0 Å². The molecule has 0 radical (unpaired) electrons. The minimum atomic E-state index is -0.309. The van der Waals surface area contributed by atoms with Crippen molar-refractivity contribution in [2.75, 3.05) is 0 Å². The molecule has 0 saturated heterocycles. The number of esters is 1. The number of rotatable bonds is 1. The van der Waals surface area contributed by atoms with Crippen LogP contribution in [0.5, 0.6) is 0 Å². The van der Waals surface area contributed by atoms with E-state index in [1.807, 2.05) is 7.05 Å². The van der Waals surface area contributed by atoms with Crippen molar-refractivity contribution < 1.29 is 9.53 Å². The van der Waals surface area contributed by atoms with Gasteiger partial charge in [0.2, 0.25) is 5.90 Å². The van der Waals surface area contributed by atoms with E-state index in [2.05, 4.69) is 10.1 Å². The van der Waals surface area contributed by atoms with Gasteiger partial charge in [-0.25, -0.2) is 9.79 Å². The van der Waals surface area contributed by atoms with Gasteiger partial charge in [-0.1, -0.05) is 19.3 Å². The number of hydrogen-bond donors (Lipinski definition) is 0. The summed E-state index contributed by atoms with van der Waals surface area (Å²) in [7, 11) is 1.81. The number of carbonyl (C=O) groups is 1. The summed E-state index contributed by atoms with van der Waals surface area (Å²) < 4.78 is 6.98. The van der Waals surface area contributed by atoms with E-state index in [4.69, 9.17) is 4.74 Å². The summed E-state index contributed by atoms with van der Waals surface area (Å²) in [5.74, 6) is 0.0660. The lowest BCUT2D eigenvalue weighted by Gasteiger charge is -2.12. The molecule has 5 nitrogen and oxygen atoms in total. The van der Waals surface area contributed by atoms with Gasteiger partial charge in [0.05, 0.1) is 0 Å². The van der Waals surface area contributed by atoms with Crippen molar-refractivity contribution in [1.82, 2.24) is 9.78 Å². The van der Waals surface area contributed by atoms with E-state index in [0.717, 1.165) is 37.0 Å². The highest BCUT2D eigenvalue weighted by molar-refractivity contribution is 6.10. The van der Waals surface area contributed by atoms with Crippen LogP contribution in [0.4, 0.5) is 0 Å². The zero-order valence-corrected chi connectivity index (χ0v) is 11.8. The Morgan fingerprint density at radius 1 is 1.15 bits per heavy atom. The molecule has 20 heavy (non-hydrogen) atoms. The Balaban J connectivity index is 1.90. The van der Waals surface area contributed by atoms with Crippen LogP contribution in [0.15, 0.2) is 28.5 Å². The van der Waals surface area contributed by atoms with Crippen molar-refractivity contribution in [3.05, 3.63) is 29.2 Å². The second-order valence-electron chi connectivity index (χ2n) is 5.37. The zero-order chi connectivity index (χ0) is 13.9. The maximum atomic E-state index is 12.1. The second kappa shape index (κ2) is 5.61. The van der Waals surface area contributed by atoms with E-state index >= 15 is 0 Å². The molecule has 3 rings (SSSR count). The Kier molecular flexibility index (Phi) is 3.67. The predicted octanol–water partition coefficient (Wildman–Crippen LogP) is 2.72. The largest absolute Gasteiger partial charge is 0.400 e. The van der Waals surface area contributed by atoms with Crippen LogP contribution in [-0.4, -0.2) is 21.6 Å². The van der Waals surface area contributed by atoms with Crippen LogP contribution in [0.25, 0.3) is 0 Å². The van der Waals surface area contributed by atoms with Gasteiger partial charge in [0.25, 0.3) is 0 Å². The lowest BCUT2D eigenvalue weighted by atomic mass is 9.95. The Labute approximate surface area is 118 Å². The molecule has 2 heterocycles. The fourth-order valence-electron chi connectivity index (χ4n) is 2.79. The molecule has 0 atom stereocenters. The van der Waals surface area contributed by atoms with Gasteiger partial charge in [0.15, 0.2) is 5.70 Å². The van der Waals surface area contributed by atoms with Crippen molar-refractivity contribution in [1.29, 1.82) is 0 Å². The number of hydrogen-bond acceptors (Lipinski definition) is 4. The van der Waals surface area contributed by atoms with Gasteiger partial charge in [0, 0.05) is 13.2 Å². The fraction of sp³-hybridized carbons (Fsp3) is 0.533. The standard InChI is InChI=1S/C15H19N3O2/c1-18-12(9-10-16-18)14-17-13(15(19)20-14)11-7-5-3-2-4-6-8-11/h9-10H,2-8H2,1H3. The Morgan fingerprint density at radius 2 is 1.85 bits per heavy atom. The van der Waals surface area contributed by atoms with Crippen molar-refractivity contribution in [2.24, 2.45) is 12.0 Å². The third-order valence-corrected chi connectivity index (χ3v) is 3.93. The molecule has 1 aromatic rings. The quantitative estimate of drug-likeness (QED) is 0.584. The number of nitrogens with zero attached hydrogens (tertiary/aromatic N) is 3. The zero-order valence-electron chi connectivity index (χ0n) is 11.8. The summed E-state index contributed by atoms with van der Waals surface area (Å²) in [6, 6.07) is 1.80. The average Bonchev–Trinajstić information content (AvgIpc) is 2.95. The van der Waals surface area contributed by atoms with E-state index in [9.17, 15) is 4.79 Å². The van der Waals surface area contributed by atoms with E-state index in [1.165, 1.54) is 19.3 Å². The molecule has 0 N–H and O–H groups in total. The predicted molar refractivity (Wildman–Crippen MR) is 75.2 cm³/mol. The first-order chi connectivity index (χ1) is 9.75. The van der Waals surface area contributed by atoms with Crippen LogP contribution in [0.3, 0.4) is 0 Å². The lowest BCUT2D eigenvalue weighted by Crippen LogP contribution is -2.10. The van der Waals surface area contributed by atoms with Gasteiger partial charge in [-0.2, -0.15) is 5.10 Å². The number of ether oxygens (including phenoxy) is 1. The Hall–Kier alpha value is -1.91. The fourth-order valence-corrected chi connectivity index (χ4v) is 2.79. The molecule has 1 aromatic heterocycles. The van der Waals surface area contributed by atoms with Crippen LogP contribution in [-0.2, 0) is 16.6 Å². The van der Waals surface area contributed by atoms with Crippen LogP contribution >= 0.6 is 0 Å². The molecule has 0 unspecified atom stereocenters. The first kappa shape index (κ1) is 13.1. The van der Waals surface area contributed by atoms with Gasteiger partial charge in [-0.3, -0.25) is 4.68 Å². The molecule has 1 aliphatic heterocycles. The van der Waals surface area contributed by atoms with Gasteiger partial charge in [-0.15, -0.1) is 0 Å². The van der Waals surface area contributed by atoms with E-state index in [-0.39, 0.29) is 5.97 Å². The maximum Gasteiger partial charge on any atom is 0.363 e. The van der Waals surface area contributed by atoms with E-state index in [0.29, 0.717) is 11.6 Å². The number of allylic oxidation sites excluding steroid dienone is 1. The number of aromatic nitrogens is 2. The molecule has 5 heteroatoms. The van der Waals surface area contributed by atoms with E-state index < -0.39 is 0 Å². The molecule has 0 amide bonds. The third kappa shape index (κ3) is 2.53. The lowest BCUT2D eigenvalue weighted by molar-refractivity contribution is -0.130. The monoisotopic (exact) mass is 273 g/mol. The minimum absolute atomic E-state index is 0.309. The van der Waals surface area contributed by atoms with Gasteiger partial charge >= 0.3 is 5.97 Å². The minimum Gasteiger partial charge on any atom is -0.400 e. The first-order valence-electron chi connectivity index (χ1n) is 7.27. The highest BCUT2D eigenvalue weighted by atomic mass is 16.6. The summed E-state index contributed by atoms with van der Waals surface area (Å²) in [5, 5.41) is 4.08. The Bertz CT molecular complexity index is 574. The smallest absolute Gasteiger partial charge is 0.363 e. The van der Waals surface area contributed by atoms with Crippen molar-refractivity contribution >= 4 is 11.9 Å². The molecule has 106 valence electrons. The average molecular weight is 273 g/mol. The van der Waals surface area contributed by atoms with Crippen LogP contribution < -0.4 is 0 Å². The molecule has 0 bridgehead atoms. The molecular formula is C15H19N3O2. The maximum absolute atomic E-state index is 12.1. The molecule has 1 saturated carbocycles. The summed E-state index contributed by atoms with van der Waals surface area (Å²) in [5.41, 5.74) is 2.43. The SMILES string of the molecule is Cn1nccc1C1=NC(=C2CCCCCCC2)C(=O)O1. The topological polar surface area (TPSA) is 56.5 Å². The normalized spacial score (nSPS) is 20.4. The number of aliphatic imine (C=N–C) groups is 1. The highest BCUT2D eigenvalue weighted by Gasteiger charge is 2.28. The highest BCUT2D eigenvalue weighted by Crippen LogP contribution is 2.28. The second-order valence-corrected chi connectivity index (χ2v) is 5.37. The molecular weight excluding hydrogens is 254 g/mol. The Morgan fingerprint density at radius 3 is 2.50 bits per heavy atom. The van der Waals surface area contributed by atoms with Crippen molar-refractivity contribution in [3.8, 4) is 0 Å². The molecule has 0 aromatic carbocycles. The van der Waals surface area contributed by atoms with E-state index in [1.54, 1.807) is 16.9 Å². The first-order valence-corrected chi connectivity index (χ1v) is 7.27. The van der Waals surface area contributed by atoms with Crippen molar-refractivity contribution in [2.45, 2.75) is 44.9 Å². The number of aryl methyl sites for hydroxylation is 1. The molecule has 0 spiro atoms. The number of carbonyl (C=O) groups excluding carboxylic acids is 1. The number of cyclic esters (lactones) is 1. The summed E-state index contributed by atoms with van der Waals surface area (Å²) in [4.78, 5) is 16.5. The van der Waals surface area contributed by atoms with Crippen LogP contribution in [0.1, 0.15) is 50.6 Å². The molecule has 2 aliphatic rings. The van der Waals surface area contributed by atoms with Gasteiger partial charge in [0.1, 0.15) is 5.69 Å². The molecule has 1 aliphatic carbocycles. The molecule has 1 fully saturated rings. The third-order valence-electron chi connectivity index (χ3n) is 3.93. The van der Waals surface area contributed by atoms with Gasteiger partial charge < -0.3 is 4.74 Å².